The average molecular weight is 264 g/mol. The molecule has 0 aliphatic heterocycles. The summed E-state index contributed by atoms with van der Waals surface area (Å²) in [6.45, 7) is 6.50. The molecule has 1 saturated carbocycles. The maximum atomic E-state index is 13.6. The van der Waals surface area contributed by atoms with Crippen LogP contribution in [0.4, 0.5) is 4.39 Å². The van der Waals surface area contributed by atoms with Gasteiger partial charge in [-0.2, -0.15) is 0 Å². The van der Waals surface area contributed by atoms with Crippen LogP contribution in [0.3, 0.4) is 0 Å². The zero-order chi connectivity index (χ0) is 13.8. The van der Waals surface area contributed by atoms with Crippen LogP contribution in [0.15, 0.2) is 24.3 Å². The molecule has 3 heteroatoms. The summed E-state index contributed by atoms with van der Waals surface area (Å²) in [4.78, 5) is 2.33. The van der Waals surface area contributed by atoms with Gasteiger partial charge in [0.15, 0.2) is 0 Å². The van der Waals surface area contributed by atoms with Gasteiger partial charge in [-0.3, -0.25) is 0 Å². The molecule has 0 radical (unpaired) electrons. The Morgan fingerprint density at radius 1 is 1.32 bits per heavy atom. The second-order valence-corrected chi connectivity index (χ2v) is 5.92. The lowest BCUT2D eigenvalue weighted by Crippen LogP contribution is -2.44. The third kappa shape index (κ3) is 3.77. The fraction of sp³-hybridized carbons (Fsp3) is 0.625. The van der Waals surface area contributed by atoms with Gasteiger partial charge in [-0.25, -0.2) is 4.39 Å². The normalized spacial score (nSPS) is 22.8. The summed E-state index contributed by atoms with van der Waals surface area (Å²) in [6, 6.07) is 8.32. The molecule has 1 aromatic carbocycles. The van der Waals surface area contributed by atoms with E-state index in [1.165, 1.54) is 0 Å². The molecule has 1 N–H and O–H groups in total. The van der Waals surface area contributed by atoms with Crippen molar-refractivity contribution in [2.75, 3.05) is 20.1 Å². The highest BCUT2D eigenvalue weighted by atomic mass is 19.1. The van der Waals surface area contributed by atoms with E-state index in [1.54, 1.807) is 12.1 Å². The zero-order valence-electron chi connectivity index (χ0n) is 12.2. The van der Waals surface area contributed by atoms with Crippen molar-refractivity contribution in [2.45, 2.75) is 44.7 Å². The van der Waals surface area contributed by atoms with Gasteiger partial charge in [0.05, 0.1) is 0 Å². The van der Waals surface area contributed by atoms with Gasteiger partial charge in [-0.15, -0.1) is 0 Å². The number of likely N-dealkylation sites (N-methyl/N-ethyl adjacent to an activating group) is 1. The first-order chi connectivity index (χ1) is 9.08. The highest BCUT2D eigenvalue weighted by Crippen LogP contribution is 2.37. The van der Waals surface area contributed by atoms with Crippen LogP contribution in [0, 0.1) is 5.82 Å². The molecule has 1 aliphatic rings. The number of benzene rings is 1. The summed E-state index contributed by atoms with van der Waals surface area (Å²) in [5.41, 5.74) is 0.889. The maximum Gasteiger partial charge on any atom is 0.126 e. The molecule has 0 atom stereocenters. The van der Waals surface area contributed by atoms with E-state index in [0.717, 1.165) is 31.5 Å². The van der Waals surface area contributed by atoms with Gasteiger partial charge in [-0.05, 0) is 51.3 Å². The largest absolute Gasteiger partial charge is 0.313 e. The van der Waals surface area contributed by atoms with E-state index in [4.69, 9.17) is 0 Å². The molecule has 2 nitrogen and oxygen atoms in total. The summed E-state index contributed by atoms with van der Waals surface area (Å²) < 4.78 is 13.6. The minimum Gasteiger partial charge on any atom is -0.313 e. The van der Waals surface area contributed by atoms with Crippen molar-refractivity contribution in [1.29, 1.82) is 0 Å². The summed E-state index contributed by atoms with van der Waals surface area (Å²) in [7, 11) is 2.15. The predicted octanol–water partition coefficient (Wildman–Crippen LogP) is 3.00. The van der Waals surface area contributed by atoms with Gasteiger partial charge in [-0.1, -0.05) is 18.2 Å². The lowest BCUT2D eigenvalue weighted by molar-refractivity contribution is 0.241. The van der Waals surface area contributed by atoms with Crippen LogP contribution in [0.5, 0.6) is 0 Å². The number of nitrogens with one attached hydrogen (secondary N) is 1. The van der Waals surface area contributed by atoms with Crippen molar-refractivity contribution in [3.63, 3.8) is 0 Å². The first-order valence-electron chi connectivity index (χ1n) is 7.26. The second-order valence-electron chi connectivity index (χ2n) is 5.92. The Hall–Kier alpha value is -0.930. The Morgan fingerprint density at radius 3 is 2.63 bits per heavy atom. The van der Waals surface area contributed by atoms with Crippen LogP contribution in [-0.2, 0) is 0 Å². The van der Waals surface area contributed by atoms with Crippen LogP contribution in [0.25, 0.3) is 0 Å². The van der Waals surface area contributed by atoms with E-state index >= 15 is 0 Å². The smallest absolute Gasteiger partial charge is 0.126 e. The minimum absolute atomic E-state index is 0.0505. The quantitative estimate of drug-likeness (QED) is 0.849. The Kier molecular flexibility index (Phi) is 4.94. The lowest BCUT2D eigenvalue weighted by atomic mass is 9.75. The summed E-state index contributed by atoms with van der Waals surface area (Å²) >= 11 is 0. The summed E-state index contributed by atoms with van der Waals surface area (Å²) in [5.74, 6) is 0.354. The molecule has 106 valence electrons. The molecule has 0 bridgehead atoms. The number of hydrogen-bond acceptors (Lipinski definition) is 2. The molecule has 1 aliphatic carbocycles. The van der Waals surface area contributed by atoms with Crippen LogP contribution in [-0.4, -0.2) is 37.1 Å². The fourth-order valence-electron chi connectivity index (χ4n) is 2.55. The van der Waals surface area contributed by atoms with Crippen molar-refractivity contribution >= 4 is 0 Å². The lowest BCUT2D eigenvalue weighted by Gasteiger charge is -2.37. The van der Waals surface area contributed by atoms with Gasteiger partial charge >= 0.3 is 0 Å². The highest BCUT2D eigenvalue weighted by Gasteiger charge is 2.31. The van der Waals surface area contributed by atoms with E-state index < -0.39 is 0 Å². The molecule has 0 amide bonds. The zero-order valence-corrected chi connectivity index (χ0v) is 12.2. The molecule has 2 rings (SSSR count). The van der Waals surface area contributed by atoms with Gasteiger partial charge in [0, 0.05) is 25.2 Å². The van der Waals surface area contributed by atoms with E-state index in [2.05, 4.69) is 31.1 Å². The maximum absolute atomic E-state index is 13.6. The monoisotopic (exact) mass is 264 g/mol. The number of hydrogen-bond donors (Lipinski definition) is 1. The topological polar surface area (TPSA) is 15.3 Å². The third-order valence-electron chi connectivity index (χ3n) is 4.26. The summed E-state index contributed by atoms with van der Waals surface area (Å²) in [6.07, 6.45) is 2.12. The molecule has 0 saturated heterocycles. The Morgan fingerprint density at radius 2 is 2.00 bits per heavy atom. The van der Waals surface area contributed by atoms with Crippen LogP contribution in [0.2, 0.25) is 0 Å². The van der Waals surface area contributed by atoms with Crippen LogP contribution >= 0.6 is 0 Å². The van der Waals surface area contributed by atoms with Crippen molar-refractivity contribution in [3.8, 4) is 0 Å². The Balaban J connectivity index is 1.68. The van der Waals surface area contributed by atoms with Crippen molar-refractivity contribution in [1.82, 2.24) is 10.2 Å². The van der Waals surface area contributed by atoms with Crippen molar-refractivity contribution < 1.29 is 4.39 Å². The minimum atomic E-state index is -0.0505. The molecule has 0 unspecified atom stereocenters. The van der Waals surface area contributed by atoms with Crippen LogP contribution < -0.4 is 5.32 Å². The fourth-order valence-corrected chi connectivity index (χ4v) is 2.55. The standard InChI is InChI=1S/C16H25FN2/c1-12(2)19(3)9-8-18-14-10-13(11-14)15-6-4-5-7-16(15)17/h4-7,12-14,18H,8-11H2,1-3H3. The van der Waals surface area contributed by atoms with E-state index in [1.807, 2.05) is 12.1 Å². The number of rotatable bonds is 6. The molecule has 1 aromatic rings. The van der Waals surface area contributed by atoms with E-state index in [9.17, 15) is 4.39 Å². The molecule has 0 heterocycles. The van der Waals surface area contributed by atoms with Gasteiger partial charge in [0.2, 0.25) is 0 Å². The van der Waals surface area contributed by atoms with E-state index in [-0.39, 0.29) is 5.82 Å². The molecule has 0 aromatic heterocycles. The SMILES string of the molecule is CC(C)N(C)CCNC1CC(c2ccccc2F)C1. The first kappa shape index (κ1) is 14.5. The number of nitrogens with zero attached hydrogens (tertiary/aromatic N) is 1. The Labute approximate surface area is 116 Å². The molecule has 1 fully saturated rings. The van der Waals surface area contributed by atoms with Gasteiger partial charge < -0.3 is 10.2 Å². The second kappa shape index (κ2) is 6.49. The van der Waals surface area contributed by atoms with Gasteiger partial charge in [0.1, 0.15) is 5.82 Å². The third-order valence-corrected chi connectivity index (χ3v) is 4.26. The molecule has 0 spiro atoms. The summed E-state index contributed by atoms with van der Waals surface area (Å²) in [5, 5.41) is 3.56. The first-order valence-corrected chi connectivity index (χ1v) is 7.26. The molecular weight excluding hydrogens is 239 g/mol. The highest BCUT2D eigenvalue weighted by molar-refractivity contribution is 5.24. The predicted molar refractivity (Wildman–Crippen MR) is 77.9 cm³/mol. The van der Waals surface area contributed by atoms with Gasteiger partial charge in [0.25, 0.3) is 0 Å². The average Bonchev–Trinajstić information content (AvgIpc) is 2.33. The Bertz CT molecular complexity index is 399. The molecular formula is C16H25FN2. The van der Waals surface area contributed by atoms with Crippen molar-refractivity contribution in [3.05, 3.63) is 35.6 Å². The van der Waals surface area contributed by atoms with Crippen LogP contribution in [0.1, 0.15) is 38.2 Å². The number of halogens is 1. The molecule has 19 heavy (non-hydrogen) atoms. The van der Waals surface area contributed by atoms with Crippen molar-refractivity contribution in [2.24, 2.45) is 0 Å². The van der Waals surface area contributed by atoms with E-state index in [0.29, 0.717) is 18.0 Å².